The summed E-state index contributed by atoms with van der Waals surface area (Å²) in [7, 11) is -3.84. The molecular formula is C11H15NaO5S. The molecule has 0 aliphatic carbocycles. The molecule has 1 rings (SSSR count). The van der Waals surface area contributed by atoms with Gasteiger partial charge in [0.15, 0.2) is 0 Å². The van der Waals surface area contributed by atoms with Gasteiger partial charge in [-0.1, -0.05) is 30.3 Å². The maximum absolute atomic E-state index is 11.3. The summed E-state index contributed by atoms with van der Waals surface area (Å²) in [5, 5.41) is 18.3. The van der Waals surface area contributed by atoms with Crippen molar-refractivity contribution in [3.63, 3.8) is 0 Å². The van der Waals surface area contributed by atoms with Crippen LogP contribution >= 0.6 is 0 Å². The topological polar surface area (TPSA) is 83.8 Å². The van der Waals surface area contributed by atoms with Gasteiger partial charge in [-0.15, -0.1) is 0 Å². The molecule has 0 aliphatic rings. The number of hydrogen-bond acceptors (Lipinski definition) is 5. The van der Waals surface area contributed by atoms with Crippen LogP contribution in [0, 0.1) is 0 Å². The Balaban J connectivity index is 0.00000289. The molecule has 1 aromatic rings. The van der Waals surface area contributed by atoms with E-state index in [1.165, 1.54) is 6.08 Å². The van der Waals surface area contributed by atoms with Crippen LogP contribution in [0.15, 0.2) is 35.7 Å². The van der Waals surface area contributed by atoms with Crippen molar-refractivity contribution in [2.24, 2.45) is 0 Å². The number of rotatable bonds is 6. The Kier molecular flexibility index (Phi) is 8.71. The van der Waals surface area contributed by atoms with E-state index in [2.05, 4.69) is 4.18 Å². The van der Waals surface area contributed by atoms with Crippen LogP contribution in [0.2, 0.25) is 0 Å². The van der Waals surface area contributed by atoms with E-state index in [1.54, 1.807) is 24.3 Å². The SMILES string of the molecule is O=S(=O)(C=Cc1ccccc1)OCC(O)CO.[NaH]. The number of aliphatic hydroxyl groups excluding tert-OH is 2. The molecule has 0 bridgehead atoms. The first-order valence-corrected chi connectivity index (χ1v) is 6.42. The molecule has 2 N–H and O–H groups in total. The zero-order chi connectivity index (χ0) is 12.7. The predicted molar refractivity (Wildman–Crippen MR) is 70.6 cm³/mol. The van der Waals surface area contributed by atoms with Crippen molar-refractivity contribution in [2.75, 3.05) is 13.2 Å². The average molecular weight is 282 g/mol. The summed E-state index contributed by atoms with van der Waals surface area (Å²) < 4.78 is 27.1. The van der Waals surface area contributed by atoms with Crippen molar-refractivity contribution < 1.29 is 22.8 Å². The molecule has 1 aromatic carbocycles. The van der Waals surface area contributed by atoms with Crippen LogP contribution in [0.25, 0.3) is 6.08 Å². The Bertz CT molecular complexity index is 458. The first-order chi connectivity index (χ1) is 8.03. The average Bonchev–Trinajstić information content (AvgIpc) is 2.35. The first kappa shape index (κ1) is 17.8. The molecule has 0 spiro atoms. The van der Waals surface area contributed by atoms with Crippen LogP contribution in [0.4, 0.5) is 0 Å². The van der Waals surface area contributed by atoms with Gasteiger partial charge in [0.2, 0.25) is 0 Å². The molecule has 0 saturated carbocycles. The van der Waals surface area contributed by atoms with Crippen molar-refractivity contribution in [3.05, 3.63) is 41.3 Å². The molecule has 0 fully saturated rings. The Morgan fingerprint density at radius 1 is 1.28 bits per heavy atom. The molecule has 7 heteroatoms. The Labute approximate surface area is 129 Å². The predicted octanol–water partition coefficient (Wildman–Crippen LogP) is -0.292. The summed E-state index contributed by atoms with van der Waals surface area (Å²) in [6, 6.07) is 8.87. The van der Waals surface area contributed by atoms with Crippen LogP contribution in [0.5, 0.6) is 0 Å². The minimum absolute atomic E-state index is 0. The van der Waals surface area contributed by atoms with Crippen LogP contribution in [-0.4, -0.2) is 67.5 Å². The summed E-state index contributed by atoms with van der Waals surface area (Å²) in [4.78, 5) is 0. The van der Waals surface area contributed by atoms with Crippen molar-refractivity contribution >= 4 is 45.8 Å². The summed E-state index contributed by atoms with van der Waals surface area (Å²) in [5.41, 5.74) is 0.724. The summed E-state index contributed by atoms with van der Waals surface area (Å²) in [6.45, 7) is -1.00. The van der Waals surface area contributed by atoms with Crippen LogP contribution in [0.3, 0.4) is 0 Å². The van der Waals surface area contributed by atoms with Gasteiger partial charge in [-0.25, -0.2) is 0 Å². The van der Waals surface area contributed by atoms with Crippen LogP contribution < -0.4 is 0 Å². The fourth-order valence-electron chi connectivity index (χ4n) is 0.991. The Hall–Kier alpha value is -0.210. The van der Waals surface area contributed by atoms with E-state index in [9.17, 15) is 8.42 Å². The molecular weight excluding hydrogens is 267 g/mol. The Morgan fingerprint density at radius 2 is 1.89 bits per heavy atom. The van der Waals surface area contributed by atoms with E-state index >= 15 is 0 Å². The van der Waals surface area contributed by atoms with Gasteiger partial charge in [-0.2, -0.15) is 8.42 Å². The van der Waals surface area contributed by atoms with Gasteiger partial charge in [-0.3, -0.25) is 4.18 Å². The van der Waals surface area contributed by atoms with E-state index in [0.29, 0.717) is 0 Å². The summed E-state index contributed by atoms with van der Waals surface area (Å²) >= 11 is 0. The summed E-state index contributed by atoms with van der Waals surface area (Å²) in [6.07, 6.45) is 0.190. The monoisotopic (exact) mass is 282 g/mol. The molecule has 0 heterocycles. The van der Waals surface area contributed by atoms with Crippen molar-refractivity contribution in [3.8, 4) is 0 Å². The van der Waals surface area contributed by atoms with E-state index in [4.69, 9.17) is 10.2 Å². The fourth-order valence-corrected chi connectivity index (χ4v) is 1.74. The summed E-state index contributed by atoms with van der Waals surface area (Å²) in [5.74, 6) is 0. The number of benzene rings is 1. The van der Waals surface area contributed by atoms with Gasteiger partial charge in [0.05, 0.1) is 18.6 Å². The molecule has 0 saturated heterocycles. The molecule has 0 aliphatic heterocycles. The number of aliphatic hydroxyl groups is 2. The molecule has 18 heavy (non-hydrogen) atoms. The quantitative estimate of drug-likeness (QED) is 0.553. The standard InChI is InChI=1S/C11H14O5S.Na.H/c12-8-11(13)9-16-17(14,15)7-6-10-4-2-1-3-5-10;;/h1-7,11-13H,8-9H2;;. The molecule has 1 atom stereocenters. The van der Waals surface area contributed by atoms with Gasteiger partial charge < -0.3 is 10.2 Å². The fraction of sp³-hybridized carbons (Fsp3) is 0.273. The van der Waals surface area contributed by atoms with E-state index < -0.39 is 29.4 Å². The second kappa shape index (κ2) is 8.82. The molecule has 0 radical (unpaired) electrons. The molecule has 0 aromatic heterocycles. The van der Waals surface area contributed by atoms with Gasteiger partial charge >= 0.3 is 29.6 Å². The van der Waals surface area contributed by atoms with E-state index in [-0.39, 0.29) is 29.6 Å². The Morgan fingerprint density at radius 3 is 2.44 bits per heavy atom. The van der Waals surface area contributed by atoms with Crippen molar-refractivity contribution in [1.82, 2.24) is 0 Å². The molecule has 1 unspecified atom stereocenters. The number of hydrogen-bond donors (Lipinski definition) is 2. The molecule has 5 nitrogen and oxygen atoms in total. The van der Waals surface area contributed by atoms with Gasteiger partial charge in [0.25, 0.3) is 10.1 Å². The van der Waals surface area contributed by atoms with E-state index in [0.717, 1.165) is 11.0 Å². The zero-order valence-corrected chi connectivity index (χ0v) is 9.88. The third-order valence-electron chi connectivity index (χ3n) is 1.86. The van der Waals surface area contributed by atoms with E-state index in [1.807, 2.05) is 6.07 Å². The van der Waals surface area contributed by atoms with Gasteiger partial charge in [0, 0.05) is 0 Å². The minimum atomic E-state index is -3.84. The van der Waals surface area contributed by atoms with Gasteiger partial charge in [-0.05, 0) is 11.6 Å². The second-order valence-corrected chi connectivity index (χ2v) is 4.82. The normalized spacial score (nSPS) is 13.2. The van der Waals surface area contributed by atoms with Crippen LogP contribution in [0.1, 0.15) is 5.56 Å². The van der Waals surface area contributed by atoms with Crippen LogP contribution in [-0.2, 0) is 14.3 Å². The molecule has 96 valence electrons. The first-order valence-electron chi connectivity index (χ1n) is 4.95. The molecule has 0 amide bonds. The zero-order valence-electron chi connectivity index (χ0n) is 9.06. The maximum atomic E-state index is 11.3. The second-order valence-electron chi connectivity index (χ2n) is 3.33. The van der Waals surface area contributed by atoms with Crippen molar-refractivity contribution in [2.45, 2.75) is 6.10 Å². The third-order valence-corrected chi connectivity index (χ3v) is 2.80. The van der Waals surface area contributed by atoms with Crippen molar-refractivity contribution in [1.29, 1.82) is 0 Å². The third kappa shape index (κ3) is 7.27. The van der Waals surface area contributed by atoms with Gasteiger partial charge in [0.1, 0.15) is 6.10 Å².